The zero-order chi connectivity index (χ0) is 17.6. The molecule has 0 saturated heterocycles. The molecule has 1 aromatic carbocycles. The van der Waals surface area contributed by atoms with Gasteiger partial charge in [-0.05, 0) is 55.2 Å². The number of fused-ring (bicyclic) bond motifs is 2. The van der Waals surface area contributed by atoms with Crippen LogP contribution in [-0.4, -0.2) is 16.9 Å². The molecule has 1 aromatic heterocycles. The van der Waals surface area contributed by atoms with Gasteiger partial charge in [0.1, 0.15) is 0 Å². The summed E-state index contributed by atoms with van der Waals surface area (Å²) in [6, 6.07) is 5.99. The fraction of sp³-hybridized carbons (Fsp3) is 0.524. The molecule has 4 rings (SSSR count). The molecule has 1 saturated carbocycles. The topological polar surface area (TPSA) is 42.0 Å². The summed E-state index contributed by atoms with van der Waals surface area (Å²) < 4.78 is 0. The number of nitrogens with zero attached hydrogens (tertiary/aromatic N) is 1. The van der Waals surface area contributed by atoms with Crippen LogP contribution in [0.25, 0.3) is 10.9 Å². The van der Waals surface area contributed by atoms with E-state index in [1.165, 1.54) is 18.4 Å². The molecule has 1 amide bonds. The van der Waals surface area contributed by atoms with Gasteiger partial charge in [0, 0.05) is 22.7 Å². The van der Waals surface area contributed by atoms with E-state index in [-0.39, 0.29) is 11.9 Å². The van der Waals surface area contributed by atoms with Crippen molar-refractivity contribution in [3.63, 3.8) is 0 Å². The Bertz CT molecular complexity index is 832. The minimum atomic E-state index is 0.00581. The van der Waals surface area contributed by atoms with Gasteiger partial charge in [-0.1, -0.05) is 44.4 Å². The van der Waals surface area contributed by atoms with Gasteiger partial charge in [0.25, 0.3) is 5.91 Å². The molecule has 0 unspecified atom stereocenters. The zero-order valence-electron chi connectivity index (χ0n) is 14.9. The highest BCUT2D eigenvalue weighted by Crippen LogP contribution is 2.34. The van der Waals surface area contributed by atoms with Crippen molar-refractivity contribution >= 4 is 28.4 Å². The third-order valence-electron chi connectivity index (χ3n) is 6.23. The average molecular weight is 357 g/mol. The number of aryl methyl sites for hydroxylation is 1. The first-order valence-corrected chi connectivity index (χ1v) is 9.84. The fourth-order valence-electron chi connectivity index (χ4n) is 4.38. The van der Waals surface area contributed by atoms with Crippen LogP contribution in [0.15, 0.2) is 18.2 Å². The molecule has 1 N–H and O–H groups in total. The van der Waals surface area contributed by atoms with Gasteiger partial charge in [-0.25, -0.2) is 0 Å². The molecule has 0 radical (unpaired) electrons. The van der Waals surface area contributed by atoms with Crippen LogP contribution >= 0.6 is 11.6 Å². The molecular weight excluding hydrogens is 332 g/mol. The maximum atomic E-state index is 12.8. The van der Waals surface area contributed by atoms with Gasteiger partial charge in [0.15, 0.2) is 0 Å². The van der Waals surface area contributed by atoms with Crippen LogP contribution in [0, 0.1) is 11.8 Å². The van der Waals surface area contributed by atoms with Crippen LogP contribution in [0.5, 0.6) is 0 Å². The smallest absolute Gasteiger partial charge is 0.251 e. The van der Waals surface area contributed by atoms with Crippen LogP contribution in [0.2, 0.25) is 5.02 Å². The first-order chi connectivity index (χ1) is 12.0. The molecule has 3 atom stereocenters. The number of benzene rings is 1. The molecule has 0 spiro atoms. The highest BCUT2D eigenvalue weighted by molar-refractivity contribution is 6.36. The summed E-state index contributed by atoms with van der Waals surface area (Å²) in [4.78, 5) is 17.5. The van der Waals surface area contributed by atoms with Crippen molar-refractivity contribution in [2.24, 2.45) is 11.8 Å². The molecule has 1 fully saturated rings. The number of nitrogens with one attached hydrogen (secondary N) is 1. The Kier molecular flexibility index (Phi) is 4.45. The maximum absolute atomic E-state index is 12.8. The number of pyridine rings is 1. The molecule has 2 aliphatic rings. The van der Waals surface area contributed by atoms with Crippen LogP contribution < -0.4 is 5.32 Å². The number of hydrogen-bond acceptors (Lipinski definition) is 2. The first kappa shape index (κ1) is 16.8. The summed E-state index contributed by atoms with van der Waals surface area (Å²) in [7, 11) is 0. The van der Waals surface area contributed by atoms with Gasteiger partial charge in [0.2, 0.25) is 0 Å². The van der Waals surface area contributed by atoms with Crippen molar-refractivity contribution in [2.75, 3.05) is 0 Å². The predicted molar refractivity (Wildman–Crippen MR) is 102 cm³/mol. The molecular formula is C21H25ClN2O. The molecule has 3 nitrogen and oxygen atoms in total. The Labute approximate surface area is 154 Å². The van der Waals surface area contributed by atoms with Crippen LogP contribution in [0.3, 0.4) is 0 Å². The third kappa shape index (κ3) is 3.03. The van der Waals surface area contributed by atoms with E-state index in [1.807, 2.05) is 18.2 Å². The first-order valence-electron chi connectivity index (χ1n) is 9.46. The van der Waals surface area contributed by atoms with Gasteiger partial charge in [-0.3, -0.25) is 9.78 Å². The zero-order valence-corrected chi connectivity index (χ0v) is 15.7. The molecule has 25 heavy (non-hydrogen) atoms. The third-order valence-corrected chi connectivity index (χ3v) is 6.66. The number of halogens is 1. The average Bonchev–Trinajstić information content (AvgIpc) is 3.07. The van der Waals surface area contributed by atoms with Crippen molar-refractivity contribution < 1.29 is 4.79 Å². The second-order valence-electron chi connectivity index (χ2n) is 7.78. The lowest BCUT2D eigenvalue weighted by Crippen LogP contribution is -2.43. The number of amides is 1. The predicted octanol–water partition coefficient (Wildman–Crippen LogP) is 4.93. The Morgan fingerprint density at radius 2 is 2.04 bits per heavy atom. The van der Waals surface area contributed by atoms with Crippen molar-refractivity contribution in [1.82, 2.24) is 10.3 Å². The Hall–Kier alpha value is -1.61. The van der Waals surface area contributed by atoms with Gasteiger partial charge in [0.05, 0.1) is 10.5 Å². The molecule has 2 aromatic rings. The number of rotatable bonds is 2. The minimum absolute atomic E-state index is 0.00581. The number of aromatic nitrogens is 1. The van der Waals surface area contributed by atoms with E-state index in [2.05, 4.69) is 19.2 Å². The molecule has 132 valence electrons. The summed E-state index contributed by atoms with van der Waals surface area (Å²) in [5.41, 5.74) is 3.81. The van der Waals surface area contributed by atoms with E-state index in [0.29, 0.717) is 17.4 Å². The summed E-state index contributed by atoms with van der Waals surface area (Å²) >= 11 is 6.57. The quantitative estimate of drug-likeness (QED) is 0.828. The van der Waals surface area contributed by atoms with Gasteiger partial charge in [-0.2, -0.15) is 0 Å². The van der Waals surface area contributed by atoms with E-state index in [1.54, 1.807) is 0 Å². The van der Waals surface area contributed by atoms with Crippen LogP contribution in [-0.2, 0) is 12.8 Å². The van der Waals surface area contributed by atoms with Gasteiger partial charge < -0.3 is 5.32 Å². The van der Waals surface area contributed by atoms with E-state index >= 15 is 0 Å². The highest BCUT2D eigenvalue weighted by Gasteiger charge is 2.28. The van der Waals surface area contributed by atoms with Crippen LogP contribution in [0.1, 0.15) is 61.1 Å². The molecule has 1 heterocycles. The number of carbonyl (C=O) groups excluding carboxylic acids is 1. The van der Waals surface area contributed by atoms with Crippen molar-refractivity contribution in [3.05, 3.63) is 40.0 Å². The SMILES string of the molecule is C[C@H]1[C@H](C)CCC[C@@H]1NC(=O)c1ccc2c(Cl)c3c(nc2c1)CCC3. The van der Waals surface area contributed by atoms with Crippen LogP contribution in [0.4, 0.5) is 0 Å². The molecule has 0 aliphatic heterocycles. The number of hydrogen-bond donors (Lipinski definition) is 1. The monoisotopic (exact) mass is 356 g/mol. The Balaban J connectivity index is 1.61. The van der Waals surface area contributed by atoms with E-state index in [4.69, 9.17) is 16.6 Å². The van der Waals surface area contributed by atoms with Crippen molar-refractivity contribution in [1.29, 1.82) is 0 Å². The van der Waals surface area contributed by atoms with E-state index in [9.17, 15) is 4.79 Å². The van der Waals surface area contributed by atoms with E-state index < -0.39 is 0 Å². The highest BCUT2D eigenvalue weighted by atomic mass is 35.5. The lowest BCUT2D eigenvalue weighted by molar-refractivity contribution is 0.0891. The summed E-state index contributed by atoms with van der Waals surface area (Å²) in [5.74, 6) is 1.19. The molecule has 2 aliphatic carbocycles. The lowest BCUT2D eigenvalue weighted by Gasteiger charge is -2.34. The second-order valence-corrected chi connectivity index (χ2v) is 8.16. The lowest BCUT2D eigenvalue weighted by atomic mass is 9.78. The summed E-state index contributed by atoms with van der Waals surface area (Å²) in [6.45, 7) is 4.53. The van der Waals surface area contributed by atoms with E-state index in [0.717, 1.165) is 47.3 Å². The fourth-order valence-corrected chi connectivity index (χ4v) is 4.75. The summed E-state index contributed by atoms with van der Waals surface area (Å²) in [5, 5.41) is 5.02. The summed E-state index contributed by atoms with van der Waals surface area (Å²) in [6.07, 6.45) is 6.64. The Morgan fingerprint density at radius 3 is 2.88 bits per heavy atom. The van der Waals surface area contributed by atoms with Gasteiger partial charge >= 0.3 is 0 Å². The largest absolute Gasteiger partial charge is 0.349 e. The minimum Gasteiger partial charge on any atom is -0.349 e. The van der Waals surface area contributed by atoms with Crippen molar-refractivity contribution in [3.8, 4) is 0 Å². The van der Waals surface area contributed by atoms with Crippen molar-refractivity contribution in [2.45, 2.75) is 58.4 Å². The second kappa shape index (κ2) is 6.60. The van der Waals surface area contributed by atoms with Gasteiger partial charge in [-0.15, -0.1) is 0 Å². The normalized spacial score (nSPS) is 25.8. The maximum Gasteiger partial charge on any atom is 0.251 e. The molecule has 0 bridgehead atoms. The standard InChI is InChI=1S/C21H25ClN2O/c1-12-5-3-7-17(13(12)2)24-21(25)14-9-10-16-19(11-14)23-18-8-4-6-15(18)20(16)22/h9-13,17H,3-8H2,1-2H3,(H,24,25)/t12-,13+,17+/m1/s1. The molecule has 4 heteroatoms. The number of carbonyl (C=O) groups is 1. The Morgan fingerprint density at radius 1 is 1.20 bits per heavy atom.